The number of para-hydroxylation sites is 2. The minimum atomic E-state index is -0.169. The molecule has 0 unspecified atom stereocenters. The Kier molecular flexibility index (Phi) is 5.59. The minimum Gasteiger partial charge on any atom is -0.342 e. The molecule has 0 bridgehead atoms. The van der Waals surface area contributed by atoms with E-state index in [9.17, 15) is 14.4 Å². The van der Waals surface area contributed by atoms with Crippen LogP contribution in [-0.4, -0.2) is 91.3 Å². The Hall–Kier alpha value is -2.45. The Morgan fingerprint density at radius 3 is 2.14 bits per heavy atom. The van der Waals surface area contributed by atoms with Crippen molar-refractivity contribution in [2.45, 2.75) is 12.8 Å². The van der Waals surface area contributed by atoms with Crippen molar-refractivity contribution in [3.8, 4) is 0 Å². The zero-order valence-electron chi connectivity index (χ0n) is 16.1. The minimum absolute atomic E-state index is 0.0557. The van der Waals surface area contributed by atoms with Crippen LogP contribution in [0.4, 0.5) is 11.4 Å². The first-order chi connectivity index (χ1) is 13.6. The van der Waals surface area contributed by atoms with Gasteiger partial charge < -0.3 is 10.2 Å². The highest BCUT2D eigenvalue weighted by Gasteiger charge is 2.29. The molecule has 3 amide bonds. The fraction of sp³-hybridized carbons (Fsp3) is 0.550. The standard InChI is InChI=1S/C20H27N5O3/c26-18-13-25(17-6-2-1-5-16(17)21-18)20(28)15-23-11-9-22(10-12-23)14-19(27)24-7-3-4-8-24/h1-2,5-6H,3-4,7-15H2,(H,21,26). The number of hydrogen-bond acceptors (Lipinski definition) is 5. The molecule has 3 heterocycles. The monoisotopic (exact) mass is 385 g/mol. The van der Waals surface area contributed by atoms with E-state index in [4.69, 9.17) is 0 Å². The molecule has 0 atom stereocenters. The highest BCUT2D eigenvalue weighted by molar-refractivity contribution is 6.10. The molecular formula is C20H27N5O3. The molecule has 1 N–H and O–H groups in total. The number of carbonyl (C=O) groups excluding carboxylic acids is 3. The van der Waals surface area contributed by atoms with Crippen LogP contribution in [0.3, 0.4) is 0 Å². The van der Waals surface area contributed by atoms with Gasteiger partial charge in [0.2, 0.25) is 17.7 Å². The first kappa shape index (κ1) is 18.9. The third-order valence-electron chi connectivity index (χ3n) is 5.71. The summed E-state index contributed by atoms with van der Waals surface area (Å²) in [5, 5.41) is 2.81. The Labute approximate surface area is 165 Å². The molecule has 0 aromatic heterocycles. The van der Waals surface area contributed by atoms with Crippen LogP contribution < -0.4 is 10.2 Å². The molecule has 0 aliphatic carbocycles. The number of hydrogen-bond donors (Lipinski definition) is 1. The quantitative estimate of drug-likeness (QED) is 0.802. The van der Waals surface area contributed by atoms with E-state index in [1.54, 1.807) is 4.90 Å². The molecule has 3 aliphatic rings. The van der Waals surface area contributed by atoms with E-state index in [0.29, 0.717) is 12.2 Å². The van der Waals surface area contributed by atoms with Gasteiger partial charge in [0.25, 0.3) is 0 Å². The number of piperazine rings is 1. The van der Waals surface area contributed by atoms with Gasteiger partial charge in [0.1, 0.15) is 6.54 Å². The number of amides is 3. The fourth-order valence-corrected chi connectivity index (χ4v) is 4.10. The number of anilines is 2. The number of nitrogens with one attached hydrogen (secondary N) is 1. The SMILES string of the molecule is O=C1CN(C(=O)CN2CCN(CC(=O)N3CCCC3)CC2)c2ccccc2N1. The van der Waals surface area contributed by atoms with Crippen molar-refractivity contribution in [2.24, 2.45) is 0 Å². The second-order valence-corrected chi connectivity index (χ2v) is 7.69. The molecule has 1 aromatic rings. The van der Waals surface area contributed by atoms with E-state index in [-0.39, 0.29) is 30.8 Å². The Morgan fingerprint density at radius 1 is 0.857 bits per heavy atom. The molecule has 0 radical (unpaired) electrons. The summed E-state index contributed by atoms with van der Waals surface area (Å²) in [7, 11) is 0. The average Bonchev–Trinajstić information content (AvgIpc) is 3.24. The van der Waals surface area contributed by atoms with Crippen LogP contribution >= 0.6 is 0 Å². The van der Waals surface area contributed by atoms with Crippen LogP contribution in [0.5, 0.6) is 0 Å². The summed E-state index contributed by atoms with van der Waals surface area (Å²) in [6, 6.07) is 7.37. The lowest BCUT2D eigenvalue weighted by Crippen LogP contribution is -2.53. The van der Waals surface area contributed by atoms with Crippen LogP contribution in [0.2, 0.25) is 0 Å². The van der Waals surface area contributed by atoms with Gasteiger partial charge in [-0.05, 0) is 25.0 Å². The predicted molar refractivity (Wildman–Crippen MR) is 106 cm³/mol. The molecule has 4 rings (SSSR count). The molecule has 2 fully saturated rings. The van der Waals surface area contributed by atoms with Crippen molar-refractivity contribution < 1.29 is 14.4 Å². The van der Waals surface area contributed by atoms with E-state index >= 15 is 0 Å². The molecular weight excluding hydrogens is 358 g/mol. The average molecular weight is 385 g/mol. The summed E-state index contributed by atoms with van der Waals surface area (Å²) in [4.78, 5) is 44.9. The van der Waals surface area contributed by atoms with Crippen molar-refractivity contribution in [3.63, 3.8) is 0 Å². The lowest BCUT2D eigenvalue weighted by molar-refractivity contribution is -0.132. The van der Waals surface area contributed by atoms with E-state index in [1.165, 1.54) is 0 Å². The van der Waals surface area contributed by atoms with Gasteiger partial charge in [-0.1, -0.05) is 12.1 Å². The van der Waals surface area contributed by atoms with Gasteiger partial charge in [0.05, 0.1) is 24.5 Å². The smallest absolute Gasteiger partial charge is 0.244 e. The van der Waals surface area contributed by atoms with E-state index in [2.05, 4.69) is 15.1 Å². The van der Waals surface area contributed by atoms with E-state index in [0.717, 1.165) is 57.8 Å². The zero-order valence-corrected chi connectivity index (χ0v) is 16.1. The van der Waals surface area contributed by atoms with Crippen LogP contribution in [0.1, 0.15) is 12.8 Å². The Bertz CT molecular complexity index is 754. The molecule has 1 aromatic carbocycles. The van der Waals surface area contributed by atoms with Gasteiger partial charge in [0.15, 0.2) is 0 Å². The summed E-state index contributed by atoms with van der Waals surface area (Å²) >= 11 is 0. The normalized spacial score (nSPS) is 20.8. The molecule has 8 nitrogen and oxygen atoms in total. The molecule has 150 valence electrons. The maximum atomic E-state index is 12.8. The topological polar surface area (TPSA) is 76.2 Å². The molecule has 28 heavy (non-hydrogen) atoms. The highest BCUT2D eigenvalue weighted by atomic mass is 16.2. The third kappa shape index (κ3) is 4.18. The summed E-state index contributed by atoms with van der Waals surface area (Å²) in [6.07, 6.45) is 2.22. The van der Waals surface area contributed by atoms with Crippen molar-refractivity contribution in [3.05, 3.63) is 24.3 Å². The summed E-state index contributed by atoms with van der Waals surface area (Å²) < 4.78 is 0. The first-order valence-electron chi connectivity index (χ1n) is 10.0. The van der Waals surface area contributed by atoms with Crippen molar-refractivity contribution in [2.75, 3.05) is 69.1 Å². The van der Waals surface area contributed by atoms with Crippen molar-refractivity contribution in [1.82, 2.24) is 14.7 Å². The summed E-state index contributed by atoms with van der Waals surface area (Å²) in [5.41, 5.74) is 1.43. The van der Waals surface area contributed by atoms with Gasteiger partial charge in [-0.3, -0.25) is 29.1 Å². The number of rotatable bonds is 4. The molecule has 2 saturated heterocycles. The summed E-state index contributed by atoms with van der Waals surface area (Å²) in [6.45, 7) is 5.66. The second-order valence-electron chi connectivity index (χ2n) is 7.69. The van der Waals surface area contributed by atoms with Crippen molar-refractivity contribution in [1.29, 1.82) is 0 Å². The summed E-state index contributed by atoms with van der Waals surface area (Å²) in [5.74, 6) is -0.0147. The van der Waals surface area contributed by atoms with Crippen molar-refractivity contribution >= 4 is 29.1 Å². The van der Waals surface area contributed by atoms with Gasteiger partial charge in [0, 0.05) is 39.3 Å². The van der Waals surface area contributed by atoms with E-state index in [1.807, 2.05) is 29.2 Å². The Balaban J connectivity index is 1.28. The lowest BCUT2D eigenvalue weighted by Gasteiger charge is -2.36. The number of likely N-dealkylation sites (tertiary alicyclic amines) is 1. The predicted octanol–water partition coefficient (Wildman–Crippen LogP) is 0.212. The first-order valence-corrected chi connectivity index (χ1v) is 10.0. The maximum Gasteiger partial charge on any atom is 0.244 e. The fourth-order valence-electron chi connectivity index (χ4n) is 4.10. The zero-order chi connectivity index (χ0) is 19.5. The highest BCUT2D eigenvalue weighted by Crippen LogP contribution is 2.29. The number of carbonyl (C=O) groups is 3. The third-order valence-corrected chi connectivity index (χ3v) is 5.71. The second kappa shape index (κ2) is 8.28. The van der Waals surface area contributed by atoms with Crippen LogP contribution in [0, 0.1) is 0 Å². The van der Waals surface area contributed by atoms with Gasteiger partial charge in [-0.2, -0.15) is 0 Å². The largest absolute Gasteiger partial charge is 0.342 e. The number of nitrogens with zero attached hydrogens (tertiary/aromatic N) is 4. The Morgan fingerprint density at radius 2 is 1.46 bits per heavy atom. The lowest BCUT2D eigenvalue weighted by atomic mass is 10.2. The molecule has 0 spiro atoms. The van der Waals surface area contributed by atoms with Gasteiger partial charge in [-0.15, -0.1) is 0 Å². The van der Waals surface area contributed by atoms with Gasteiger partial charge in [-0.25, -0.2) is 0 Å². The number of fused-ring (bicyclic) bond motifs is 1. The maximum absolute atomic E-state index is 12.8. The van der Waals surface area contributed by atoms with Crippen LogP contribution in [0.25, 0.3) is 0 Å². The van der Waals surface area contributed by atoms with E-state index < -0.39 is 0 Å². The van der Waals surface area contributed by atoms with Crippen LogP contribution in [0.15, 0.2) is 24.3 Å². The van der Waals surface area contributed by atoms with Crippen LogP contribution in [-0.2, 0) is 14.4 Å². The van der Waals surface area contributed by atoms with Gasteiger partial charge >= 0.3 is 0 Å². The number of benzene rings is 1. The molecule has 3 aliphatic heterocycles. The molecule has 8 heteroatoms. The molecule has 0 saturated carbocycles.